The zero-order valence-corrected chi connectivity index (χ0v) is 15.7. The normalized spacial score (nSPS) is 14.9. The number of pyridine rings is 1. The van der Waals surface area contributed by atoms with Gasteiger partial charge in [0.05, 0.1) is 5.69 Å². The number of anilines is 1. The molecule has 0 atom stereocenters. The second kappa shape index (κ2) is 7.43. The van der Waals surface area contributed by atoms with Crippen molar-refractivity contribution in [2.45, 2.75) is 51.9 Å². The summed E-state index contributed by atoms with van der Waals surface area (Å²) in [7, 11) is 3.02. The van der Waals surface area contributed by atoms with E-state index in [-0.39, 0.29) is 5.91 Å². The molecule has 7 nitrogen and oxygen atoms in total. The zero-order chi connectivity index (χ0) is 18.8. The van der Waals surface area contributed by atoms with Crippen molar-refractivity contribution < 1.29 is 4.79 Å². The maximum Gasteiger partial charge on any atom is 0.332 e. The van der Waals surface area contributed by atoms with Gasteiger partial charge in [0.15, 0.2) is 5.65 Å². The Hall–Kier alpha value is -2.44. The van der Waals surface area contributed by atoms with Gasteiger partial charge in [0.1, 0.15) is 5.39 Å². The number of carbonyl (C=O) groups excluding carboxylic acids is 1. The lowest BCUT2D eigenvalue weighted by molar-refractivity contribution is -0.116. The van der Waals surface area contributed by atoms with Crippen molar-refractivity contribution >= 4 is 22.6 Å². The number of rotatable bonds is 5. The fraction of sp³-hybridized carbons (Fsp3) is 0.579. The average molecular weight is 358 g/mol. The molecule has 1 amide bonds. The molecule has 1 saturated carbocycles. The number of amides is 1. The summed E-state index contributed by atoms with van der Waals surface area (Å²) >= 11 is 0. The van der Waals surface area contributed by atoms with Crippen LogP contribution in [0.1, 0.15) is 51.0 Å². The lowest BCUT2D eigenvalue weighted by Crippen LogP contribution is -2.38. The topological polar surface area (TPSA) is 86.0 Å². The van der Waals surface area contributed by atoms with Crippen LogP contribution < -0.4 is 16.6 Å². The number of hydrogen-bond donors (Lipinski definition) is 1. The zero-order valence-electron chi connectivity index (χ0n) is 15.7. The molecule has 7 heteroatoms. The van der Waals surface area contributed by atoms with E-state index < -0.39 is 11.2 Å². The van der Waals surface area contributed by atoms with Crippen molar-refractivity contribution in [3.8, 4) is 0 Å². The van der Waals surface area contributed by atoms with Crippen LogP contribution in [-0.4, -0.2) is 20.0 Å². The Morgan fingerprint density at radius 3 is 2.58 bits per heavy atom. The van der Waals surface area contributed by atoms with Gasteiger partial charge in [0, 0.05) is 26.7 Å². The molecule has 0 bridgehead atoms. The molecular formula is C19H26N4O3. The maximum absolute atomic E-state index is 12.7. The predicted molar refractivity (Wildman–Crippen MR) is 101 cm³/mol. The lowest BCUT2D eigenvalue weighted by Gasteiger charge is -2.15. The lowest BCUT2D eigenvalue weighted by atomic mass is 10.0. The van der Waals surface area contributed by atoms with E-state index in [1.807, 2.05) is 6.92 Å². The van der Waals surface area contributed by atoms with Crippen molar-refractivity contribution in [1.82, 2.24) is 14.1 Å². The number of aryl methyl sites for hydroxylation is 2. The molecule has 1 N–H and O–H groups in total. The Balaban J connectivity index is 1.99. The van der Waals surface area contributed by atoms with Crippen molar-refractivity contribution in [2.75, 3.05) is 5.32 Å². The second-order valence-electron chi connectivity index (χ2n) is 7.15. The Morgan fingerprint density at radius 2 is 1.92 bits per heavy atom. The SMILES string of the molecule is CCc1cnc2c(c1NC(=O)CCC1CCCC1)c(=O)n(C)c(=O)n2C. The molecule has 140 valence electrons. The van der Waals surface area contributed by atoms with Crippen LogP contribution in [0.2, 0.25) is 0 Å². The van der Waals surface area contributed by atoms with Gasteiger partial charge < -0.3 is 5.32 Å². The van der Waals surface area contributed by atoms with E-state index in [9.17, 15) is 14.4 Å². The Labute approximate surface area is 152 Å². The van der Waals surface area contributed by atoms with Crippen LogP contribution in [0, 0.1) is 5.92 Å². The monoisotopic (exact) mass is 358 g/mol. The standard InChI is InChI=1S/C19H26N4O3/c1-4-13-11-20-17-15(18(25)23(3)19(26)22(17)2)16(13)21-14(24)10-9-12-7-5-6-8-12/h11-12H,4-10H2,1-3H3,(H,20,21,24). The first-order chi connectivity index (χ1) is 12.4. The smallest absolute Gasteiger partial charge is 0.325 e. The molecule has 1 fully saturated rings. The molecule has 0 saturated heterocycles. The van der Waals surface area contributed by atoms with Gasteiger partial charge in [-0.15, -0.1) is 0 Å². The van der Waals surface area contributed by atoms with Crippen LogP contribution in [0.3, 0.4) is 0 Å². The van der Waals surface area contributed by atoms with Crippen molar-refractivity contribution in [2.24, 2.45) is 20.0 Å². The highest BCUT2D eigenvalue weighted by atomic mass is 16.2. The minimum atomic E-state index is -0.433. The van der Waals surface area contributed by atoms with Gasteiger partial charge in [-0.05, 0) is 24.3 Å². The van der Waals surface area contributed by atoms with Gasteiger partial charge in [0.2, 0.25) is 5.91 Å². The third-order valence-electron chi connectivity index (χ3n) is 5.45. The highest BCUT2D eigenvalue weighted by Crippen LogP contribution is 2.29. The fourth-order valence-electron chi connectivity index (χ4n) is 3.81. The van der Waals surface area contributed by atoms with Crippen LogP contribution in [0.5, 0.6) is 0 Å². The van der Waals surface area contributed by atoms with Crippen LogP contribution >= 0.6 is 0 Å². The first-order valence-electron chi connectivity index (χ1n) is 9.31. The predicted octanol–water partition coefficient (Wildman–Crippen LogP) is 2.10. The van der Waals surface area contributed by atoms with E-state index in [2.05, 4.69) is 10.3 Å². The number of carbonyl (C=O) groups is 1. The van der Waals surface area contributed by atoms with E-state index in [4.69, 9.17) is 0 Å². The quantitative estimate of drug-likeness (QED) is 0.887. The minimum Gasteiger partial charge on any atom is -0.325 e. The molecule has 0 aromatic carbocycles. The molecule has 0 radical (unpaired) electrons. The van der Waals surface area contributed by atoms with Gasteiger partial charge >= 0.3 is 5.69 Å². The first kappa shape index (κ1) is 18.4. The molecule has 26 heavy (non-hydrogen) atoms. The first-order valence-corrected chi connectivity index (χ1v) is 9.31. The number of fused-ring (bicyclic) bond motifs is 1. The van der Waals surface area contributed by atoms with Crippen molar-refractivity contribution in [3.05, 3.63) is 32.6 Å². The average Bonchev–Trinajstić information content (AvgIpc) is 3.16. The van der Waals surface area contributed by atoms with Gasteiger partial charge in [-0.25, -0.2) is 9.78 Å². The molecule has 0 aliphatic heterocycles. The van der Waals surface area contributed by atoms with E-state index in [1.165, 1.54) is 37.3 Å². The Bertz CT molecular complexity index is 952. The summed E-state index contributed by atoms with van der Waals surface area (Å²) in [5.74, 6) is 0.546. The third kappa shape index (κ3) is 3.30. The van der Waals surface area contributed by atoms with E-state index in [1.54, 1.807) is 13.2 Å². The van der Waals surface area contributed by atoms with Gasteiger partial charge in [0.25, 0.3) is 5.56 Å². The molecule has 2 aromatic rings. The number of nitrogens with zero attached hydrogens (tertiary/aromatic N) is 3. The summed E-state index contributed by atoms with van der Waals surface area (Å²) in [6.45, 7) is 1.95. The Morgan fingerprint density at radius 1 is 1.23 bits per heavy atom. The summed E-state index contributed by atoms with van der Waals surface area (Å²) in [5, 5.41) is 3.23. The highest BCUT2D eigenvalue weighted by molar-refractivity contribution is 6.01. The molecule has 0 unspecified atom stereocenters. The van der Waals surface area contributed by atoms with Gasteiger partial charge in [-0.2, -0.15) is 0 Å². The molecule has 3 rings (SSSR count). The summed E-state index contributed by atoms with van der Waals surface area (Å²) in [6.07, 6.45) is 8.51. The highest BCUT2D eigenvalue weighted by Gasteiger charge is 2.20. The molecule has 1 aliphatic carbocycles. The molecular weight excluding hydrogens is 332 g/mol. The molecule has 0 spiro atoms. The van der Waals surface area contributed by atoms with Crippen LogP contribution in [0.25, 0.3) is 11.0 Å². The van der Waals surface area contributed by atoms with Gasteiger partial charge in [-0.1, -0.05) is 32.6 Å². The Kier molecular flexibility index (Phi) is 5.25. The summed E-state index contributed by atoms with van der Waals surface area (Å²) in [6, 6.07) is 0. The van der Waals surface area contributed by atoms with Crippen molar-refractivity contribution in [3.63, 3.8) is 0 Å². The third-order valence-corrected chi connectivity index (χ3v) is 5.45. The van der Waals surface area contributed by atoms with Crippen LogP contribution in [-0.2, 0) is 25.3 Å². The summed E-state index contributed by atoms with van der Waals surface area (Å²) in [4.78, 5) is 41.6. The van der Waals surface area contributed by atoms with Crippen molar-refractivity contribution in [1.29, 1.82) is 0 Å². The van der Waals surface area contributed by atoms with E-state index in [0.717, 1.165) is 16.6 Å². The number of nitrogens with one attached hydrogen (secondary N) is 1. The number of aromatic nitrogens is 3. The van der Waals surface area contributed by atoms with Gasteiger partial charge in [-0.3, -0.25) is 18.7 Å². The summed E-state index contributed by atoms with van der Waals surface area (Å²) in [5.41, 5.74) is 0.712. The van der Waals surface area contributed by atoms with E-state index in [0.29, 0.717) is 35.5 Å². The fourth-order valence-corrected chi connectivity index (χ4v) is 3.81. The summed E-state index contributed by atoms with van der Waals surface area (Å²) < 4.78 is 2.39. The largest absolute Gasteiger partial charge is 0.332 e. The maximum atomic E-state index is 12.7. The van der Waals surface area contributed by atoms with Crippen LogP contribution in [0.4, 0.5) is 5.69 Å². The van der Waals surface area contributed by atoms with E-state index >= 15 is 0 Å². The minimum absolute atomic E-state index is 0.0880. The molecule has 1 aliphatic rings. The van der Waals surface area contributed by atoms with Crippen LogP contribution in [0.15, 0.2) is 15.8 Å². The molecule has 2 aromatic heterocycles. The molecule has 2 heterocycles. The number of hydrogen-bond acceptors (Lipinski definition) is 4. The second-order valence-corrected chi connectivity index (χ2v) is 7.15.